The second-order valence-electron chi connectivity index (χ2n) is 6.41. The van der Waals surface area contributed by atoms with Crippen LogP contribution in [0.25, 0.3) is 11.1 Å². The van der Waals surface area contributed by atoms with Gasteiger partial charge in [-0.15, -0.1) is 0 Å². The normalized spacial score (nSPS) is 17.8. The van der Waals surface area contributed by atoms with E-state index in [0.29, 0.717) is 5.56 Å². The summed E-state index contributed by atoms with van der Waals surface area (Å²) in [5, 5.41) is 11.3. The average Bonchev–Trinajstić information content (AvgIpc) is 3.01. The highest BCUT2D eigenvalue weighted by Crippen LogP contribution is 2.31. The number of nitrogens with zero attached hydrogens (tertiary/aromatic N) is 2. The third kappa shape index (κ3) is 4.06. The number of rotatable bonds is 4. The molecule has 0 saturated carbocycles. The summed E-state index contributed by atoms with van der Waals surface area (Å²) in [6.07, 6.45) is 0.486. The Balaban J connectivity index is 1.70. The van der Waals surface area contributed by atoms with E-state index in [2.05, 4.69) is 10.3 Å². The lowest BCUT2D eigenvalue weighted by Crippen LogP contribution is -2.43. The van der Waals surface area contributed by atoms with Gasteiger partial charge in [0.15, 0.2) is 0 Å². The third-order valence-electron chi connectivity index (χ3n) is 4.39. The van der Waals surface area contributed by atoms with Crippen molar-refractivity contribution in [2.75, 3.05) is 13.1 Å². The van der Waals surface area contributed by atoms with Crippen molar-refractivity contribution in [1.29, 1.82) is 5.26 Å². The van der Waals surface area contributed by atoms with Crippen molar-refractivity contribution in [3.63, 3.8) is 0 Å². The van der Waals surface area contributed by atoms with Gasteiger partial charge in [0.25, 0.3) is 17.4 Å². The minimum absolute atomic E-state index is 0.106. The number of nitriles is 1. The number of carbonyl (C=O) groups excluding carboxylic acids is 2. The summed E-state index contributed by atoms with van der Waals surface area (Å²) < 4.78 is 26.9. The first-order valence-electron chi connectivity index (χ1n) is 8.44. The number of carbonyl (C=O) groups is 2. The number of nitrogens with one attached hydrogen (secondary N) is 2. The Bertz CT molecular complexity index is 998. The lowest BCUT2D eigenvalue weighted by molar-refractivity contribution is -0.131. The maximum atomic E-state index is 13.4. The molecule has 1 fully saturated rings. The molecule has 0 radical (unpaired) electrons. The molecule has 1 saturated heterocycles. The molecule has 7 nitrogen and oxygen atoms in total. The maximum Gasteiger partial charge on any atom is 0.268 e. The maximum absolute atomic E-state index is 13.4. The molecule has 1 aromatic heterocycles. The number of alkyl halides is 2. The standard InChI is InChI=1S/C19H16F2N4O3/c20-19(21)7-14(8-22)25(11-19)16(26)10-24-17(27)13-6-15(18(28)23-9-13)12-4-2-1-3-5-12/h1-6,9,14H,7,10-11H2,(H,23,28)(H,24,27)/t14-/m0/s1. The molecule has 0 bridgehead atoms. The fourth-order valence-electron chi connectivity index (χ4n) is 3.00. The molecule has 9 heteroatoms. The number of benzene rings is 1. The van der Waals surface area contributed by atoms with Crippen LogP contribution in [-0.2, 0) is 4.79 Å². The van der Waals surface area contributed by atoms with E-state index in [1.54, 1.807) is 36.4 Å². The molecule has 144 valence electrons. The molecule has 2 aromatic rings. The van der Waals surface area contributed by atoms with Crippen LogP contribution in [0.3, 0.4) is 0 Å². The zero-order valence-corrected chi connectivity index (χ0v) is 14.6. The molecule has 0 spiro atoms. The van der Waals surface area contributed by atoms with Crippen molar-refractivity contribution in [3.05, 3.63) is 58.5 Å². The van der Waals surface area contributed by atoms with Gasteiger partial charge in [0, 0.05) is 18.2 Å². The number of amides is 2. The minimum Gasteiger partial charge on any atom is -0.343 e. The fourth-order valence-corrected chi connectivity index (χ4v) is 3.00. The van der Waals surface area contributed by atoms with Crippen LogP contribution in [0, 0.1) is 11.3 Å². The van der Waals surface area contributed by atoms with Crippen molar-refractivity contribution < 1.29 is 18.4 Å². The number of aromatic nitrogens is 1. The van der Waals surface area contributed by atoms with Crippen molar-refractivity contribution in [2.24, 2.45) is 0 Å². The first-order chi connectivity index (χ1) is 13.3. The quantitative estimate of drug-likeness (QED) is 0.831. The summed E-state index contributed by atoms with van der Waals surface area (Å²) in [6.45, 7) is -1.39. The van der Waals surface area contributed by atoms with Crippen molar-refractivity contribution in [2.45, 2.75) is 18.4 Å². The molecular formula is C19H16F2N4O3. The largest absolute Gasteiger partial charge is 0.343 e. The average molecular weight is 386 g/mol. The Labute approximate surface area is 158 Å². The van der Waals surface area contributed by atoms with Gasteiger partial charge in [-0.05, 0) is 11.6 Å². The number of hydrogen-bond acceptors (Lipinski definition) is 4. The topological polar surface area (TPSA) is 106 Å². The first kappa shape index (κ1) is 19.2. The molecule has 2 N–H and O–H groups in total. The summed E-state index contributed by atoms with van der Waals surface area (Å²) in [5.41, 5.74) is 0.624. The second-order valence-corrected chi connectivity index (χ2v) is 6.41. The Morgan fingerprint density at radius 1 is 1.32 bits per heavy atom. The summed E-state index contributed by atoms with van der Waals surface area (Å²) in [7, 11) is 0. The predicted molar refractivity (Wildman–Crippen MR) is 95.5 cm³/mol. The van der Waals surface area contributed by atoms with Crippen LogP contribution in [0.2, 0.25) is 0 Å². The van der Waals surface area contributed by atoms with E-state index in [4.69, 9.17) is 5.26 Å². The molecule has 2 heterocycles. The fraction of sp³-hybridized carbons (Fsp3) is 0.263. The van der Waals surface area contributed by atoms with Crippen LogP contribution in [0.4, 0.5) is 8.78 Å². The number of halogens is 2. The van der Waals surface area contributed by atoms with Gasteiger partial charge < -0.3 is 15.2 Å². The van der Waals surface area contributed by atoms with E-state index in [-0.39, 0.29) is 16.7 Å². The van der Waals surface area contributed by atoms with Gasteiger partial charge in [-0.3, -0.25) is 14.4 Å². The van der Waals surface area contributed by atoms with E-state index in [0.717, 1.165) is 4.90 Å². The Morgan fingerprint density at radius 3 is 2.71 bits per heavy atom. The minimum atomic E-state index is -3.12. The molecule has 28 heavy (non-hydrogen) atoms. The van der Waals surface area contributed by atoms with Gasteiger partial charge in [-0.2, -0.15) is 5.26 Å². The van der Waals surface area contributed by atoms with E-state index < -0.39 is 43.3 Å². The van der Waals surface area contributed by atoms with Crippen molar-refractivity contribution in [3.8, 4) is 17.2 Å². The van der Waals surface area contributed by atoms with Crippen LogP contribution < -0.4 is 10.9 Å². The summed E-state index contributed by atoms with van der Waals surface area (Å²) in [5.74, 6) is -4.55. The molecule has 3 rings (SSSR count). The summed E-state index contributed by atoms with van der Waals surface area (Å²) in [4.78, 5) is 39.7. The van der Waals surface area contributed by atoms with Crippen LogP contribution in [0.5, 0.6) is 0 Å². The number of likely N-dealkylation sites (tertiary alicyclic amines) is 1. The van der Waals surface area contributed by atoms with Crippen LogP contribution in [0.15, 0.2) is 47.4 Å². The predicted octanol–water partition coefficient (Wildman–Crippen LogP) is 1.53. The molecule has 1 aromatic carbocycles. The Kier molecular flexibility index (Phi) is 5.22. The highest BCUT2D eigenvalue weighted by Gasteiger charge is 2.47. The van der Waals surface area contributed by atoms with Crippen LogP contribution >= 0.6 is 0 Å². The zero-order valence-electron chi connectivity index (χ0n) is 14.6. The molecule has 0 aliphatic carbocycles. The smallest absolute Gasteiger partial charge is 0.268 e. The number of aromatic amines is 1. The Morgan fingerprint density at radius 2 is 2.04 bits per heavy atom. The van der Waals surface area contributed by atoms with Crippen molar-refractivity contribution >= 4 is 11.8 Å². The van der Waals surface area contributed by atoms with Crippen LogP contribution in [-0.4, -0.2) is 46.8 Å². The van der Waals surface area contributed by atoms with E-state index in [1.165, 1.54) is 12.3 Å². The summed E-state index contributed by atoms with van der Waals surface area (Å²) >= 11 is 0. The molecule has 2 amide bonds. The third-order valence-corrected chi connectivity index (χ3v) is 4.39. The highest BCUT2D eigenvalue weighted by atomic mass is 19.3. The van der Waals surface area contributed by atoms with Gasteiger partial charge in [0.1, 0.15) is 6.04 Å². The SMILES string of the molecule is N#C[C@@H]1CC(F)(F)CN1C(=O)CNC(=O)c1c[nH]c(=O)c(-c2ccccc2)c1. The molecule has 1 atom stereocenters. The molecule has 0 unspecified atom stereocenters. The van der Waals surface area contributed by atoms with E-state index in [9.17, 15) is 23.2 Å². The number of H-pyrrole nitrogens is 1. The lowest BCUT2D eigenvalue weighted by atomic mass is 10.1. The van der Waals surface area contributed by atoms with E-state index >= 15 is 0 Å². The Hall–Kier alpha value is -3.54. The van der Waals surface area contributed by atoms with Gasteiger partial charge in [0.05, 0.1) is 24.7 Å². The number of pyridine rings is 1. The van der Waals surface area contributed by atoms with Gasteiger partial charge in [-0.1, -0.05) is 30.3 Å². The zero-order chi connectivity index (χ0) is 20.3. The van der Waals surface area contributed by atoms with Gasteiger partial charge >= 0.3 is 0 Å². The molecule has 1 aliphatic heterocycles. The van der Waals surface area contributed by atoms with E-state index in [1.807, 2.05) is 0 Å². The monoisotopic (exact) mass is 386 g/mol. The number of hydrogen-bond donors (Lipinski definition) is 2. The molecule has 1 aliphatic rings. The summed E-state index contributed by atoms with van der Waals surface area (Å²) in [6, 6.07) is 10.5. The van der Waals surface area contributed by atoms with Crippen molar-refractivity contribution in [1.82, 2.24) is 15.2 Å². The van der Waals surface area contributed by atoms with Gasteiger partial charge in [-0.25, -0.2) is 8.78 Å². The van der Waals surface area contributed by atoms with Gasteiger partial charge in [0.2, 0.25) is 5.91 Å². The second kappa shape index (κ2) is 7.60. The lowest BCUT2D eigenvalue weighted by Gasteiger charge is -2.19. The highest BCUT2D eigenvalue weighted by molar-refractivity contribution is 5.97. The first-order valence-corrected chi connectivity index (χ1v) is 8.44. The molecular weight excluding hydrogens is 370 g/mol. The van der Waals surface area contributed by atoms with Crippen LogP contribution in [0.1, 0.15) is 16.8 Å².